The van der Waals surface area contributed by atoms with E-state index in [0.717, 1.165) is 24.5 Å². The number of aromatic nitrogens is 3. The maximum Gasteiger partial charge on any atom is 0.263 e. The maximum absolute atomic E-state index is 12.4. The highest BCUT2D eigenvalue weighted by atomic mass is 16.5. The molecule has 1 aromatic carbocycles. The molecule has 1 fully saturated rings. The first-order valence-electron chi connectivity index (χ1n) is 9.36. The molecule has 0 unspecified atom stereocenters. The third kappa shape index (κ3) is 4.28. The van der Waals surface area contributed by atoms with Gasteiger partial charge in [-0.1, -0.05) is 24.3 Å². The number of amides is 1. The summed E-state index contributed by atoms with van der Waals surface area (Å²) in [7, 11) is 0. The van der Waals surface area contributed by atoms with Crippen molar-refractivity contribution in [2.75, 3.05) is 42.9 Å². The molecule has 0 spiro atoms. The fourth-order valence-electron chi connectivity index (χ4n) is 3.16. The number of carbonyl (C=O) groups is 1. The van der Waals surface area contributed by atoms with E-state index in [4.69, 9.17) is 4.52 Å². The molecule has 1 saturated heterocycles. The Morgan fingerprint density at radius 3 is 2.57 bits per heavy atom. The van der Waals surface area contributed by atoms with Crippen LogP contribution in [0.25, 0.3) is 11.5 Å². The molecule has 3 aromatic rings. The van der Waals surface area contributed by atoms with Crippen molar-refractivity contribution in [3.63, 3.8) is 0 Å². The second-order valence-corrected chi connectivity index (χ2v) is 6.52. The van der Waals surface area contributed by atoms with Gasteiger partial charge in [0.15, 0.2) is 0 Å². The summed E-state index contributed by atoms with van der Waals surface area (Å²) in [6.07, 6.45) is 2.18. The van der Waals surface area contributed by atoms with E-state index in [1.54, 1.807) is 6.20 Å². The molecule has 1 amide bonds. The number of piperazine rings is 1. The Labute approximate surface area is 163 Å². The summed E-state index contributed by atoms with van der Waals surface area (Å²) in [6, 6.07) is 15.5. The summed E-state index contributed by atoms with van der Waals surface area (Å²) >= 11 is 0. The summed E-state index contributed by atoms with van der Waals surface area (Å²) in [6.45, 7) is 3.46. The lowest BCUT2D eigenvalue weighted by atomic mass is 10.2. The second kappa shape index (κ2) is 8.51. The average molecular weight is 378 g/mol. The Morgan fingerprint density at radius 1 is 1.04 bits per heavy atom. The molecule has 2 aromatic heterocycles. The number of benzene rings is 1. The second-order valence-electron chi connectivity index (χ2n) is 6.52. The molecule has 1 aliphatic rings. The van der Waals surface area contributed by atoms with Crippen molar-refractivity contribution < 1.29 is 9.32 Å². The van der Waals surface area contributed by atoms with E-state index in [-0.39, 0.29) is 5.91 Å². The van der Waals surface area contributed by atoms with Crippen LogP contribution in [0.15, 0.2) is 59.3 Å². The van der Waals surface area contributed by atoms with Crippen molar-refractivity contribution in [2.45, 2.75) is 6.42 Å². The molecule has 0 aliphatic carbocycles. The third-order valence-electron chi connectivity index (χ3n) is 4.67. The molecule has 3 heterocycles. The van der Waals surface area contributed by atoms with Crippen LogP contribution in [0, 0.1) is 0 Å². The summed E-state index contributed by atoms with van der Waals surface area (Å²) in [5.74, 6) is 1.94. The number of hydrogen-bond acceptors (Lipinski definition) is 7. The van der Waals surface area contributed by atoms with Gasteiger partial charge in [0.05, 0.1) is 0 Å². The van der Waals surface area contributed by atoms with Gasteiger partial charge in [-0.3, -0.25) is 4.79 Å². The number of hydrogen-bond donors (Lipinski definition) is 1. The first-order valence-corrected chi connectivity index (χ1v) is 9.36. The molecule has 4 rings (SSSR count). The smallest absolute Gasteiger partial charge is 0.263 e. The Balaban J connectivity index is 1.22. The van der Waals surface area contributed by atoms with Gasteiger partial charge in [0.2, 0.25) is 5.91 Å². The Bertz CT molecular complexity index is 891. The van der Waals surface area contributed by atoms with Crippen LogP contribution in [0.3, 0.4) is 0 Å². The highest BCUT2D eigenvalue weighted by molar-refractivity contribution is 5.77. The van der Waals surface area contributed by atoms with Crippen molar-refractivity contribution >= 4 is 17.7 Å². The minimum Gasteiger partial charge on any atom is -0.353 e. The lowest BCUT2D eigenvalue weighted by Gasteiger charge is -2.35. The van der Waals surface area contributed by atoms with Crippen molar-refractivity contribution in [1.29, 1.82) is 0 Å². The summed E-state index contributed by atoms with van der Waals surface area (Å²) in [5.41, 5.74) is 0.866. The van der Waals surface area contributed by atoms with Gasteiger partial charge in [-0.2, -0.15) is 4.98 Å². The standard InChI is InChI=1S/C20H22N6O2/c27-18(26-14-12-25(13-15-26)17-8-4-5-10-21-17)9-11-22-20-23-19(28-24-20)16-6-2-1-3-7-16/h1-8,10H,9,11-15H2,(H,22,24). The van der Waals surface area contributed by atoms with Crippen LogP contribution in [-0.2, 0) is 4.79 Å². The molecule has 0 atom stereocenters. The van der Waals surface area contributed by atoms with E-state index in [1.807, 2.05) is 53.4 Å². The van der Waals surface area contributed by atoms with Crippen LogP contribution >= 0.6 is 0 Å². The van der Waals surface area contributed by atoms with E-state index in [0.29, 0.717) is 37.9 Å². The summed E-state index contributed by atoms with van der Waals surface area (Å²) in [5, 5.41) is 6.97. The minimum absolute atomic E-state index is 0.125. The Kier molecular flexibility index (Phi) is 5.46. The van der Waals surface area contributed by atoms with Crippen molar-refractivity contribution in [2.24, 2.45) is 0 Å². The number of rotatable bonds is 6. The van der Waals surface area contributed by atoms with Gasteiger partial charge in [-0.25, -0.2) is 4.98 Å². The van der Waals surface area contributed by atoms with E-state index >= 15 is 0 Å². The molecule has 144 valence electrons. The zero-order valence-electron chi connectivity index (χ0n) is 15.5. The summed E-state index contributed by atoms with van der Waals surface area (Å²) in [4.78, 5) is 25.2. The number of anilines is 2. The Hall–Kier alpha value is -3.42. The molecule has 1 aliphatic heterocycles. The molecule has 0 radical (unpaired) electrons. The number of nitrogens with zero attached hydrogens (tertiary/aromatic N) is 5. The molecule has 0 bridgehead atoms. The number of nitrogens with one attached hydrogen (secondary N) is 1. The predicted octanol–water partition coefficient (Wildman–Crippen LogP) is 2.28. The quantitative estimate of drug-likeness (QED) is 0.704. The van der Waals surface area contributed by atoms with E-state index in [9.17, 15) is 4.79 Å². The molecular weight excluding hydrogens is 356 g/mol. The van der Waals surface area contributed by atoms with Crippen molar-refractivity contribution in [3.05, 3.63) is 54.7 Å². The van der Waals surface area contributed by atoms with Crippen LogP contribution in [0.2, 0.25) is 0 Å². The topological polar surface area (TPSA) is 87.4 Å². The van der Waals surface area contributed by atoms with Gasteiger partial charge < -0.3 is 19.6 Å². The van der Waals surface area contributed by atoms with Crippen LogP contribution in [0.5, 0.6) is 0 Å². The summed E-state index contributed by atoms with van der Waals surface area (Å²) < 4.78 is 5.25. The first-order chi connectivity index (χ1) is 13.8. The van der Waals surface area contributed by atoms with Crippen molar-refractivity contribution in [3.8, 4) is 11.5 Å². The highest BCUT2D eigenvalue weighted by Crippen LogP contribution is 2.18. The van der Waals surface area contributed by atoms with Crippen LogP contribution in [0.1, 0.15) is 6.42 Å². The van der Waals surface area contributed by atoms with Crippen LogP contribution < -0.4 is 10.2 Å². The fraction of sp³-hybridized carbons (Fsp3) is 0.300. The van der Waals surface area contributed by atoms with Gasteiger partial charge in [-0.15, -0.1) is 0 Å². The Morgan fingerprint density at radius 2 is 1.82 bits per heavy atom. The van der Waals surface area contributed by atoms with Gasteiger partial charge in [0, 0.05) is 50.9 Å². The number of pyridine rings is 1. The van der Waals surface area contributed by atoms with Gasteiger partial charge in [0.25, 0.3) is 11.8 Å². The normalized spacial score (nSPS) is 14.1. The average Bonchev–Trinajstić information content (AvgIpc) is 3.24. The number of carbonyl (C=O) groups excluding carboxylic acids is 1. The highest BCUT2D eigenvalue weighted by Gasteiger charge is 2.21. The van der Waals surface area contributed by atoms with Crippen molar-refractivity contribution in [1.82, 2.24) is 20.0 Å². The van der Waals surface area contributed by atoms with Crippen LogP contribution in [0.4, 0.5) is 11.8 Å². The molecule has 28 heavy (non-hydrogen) atoms. The van der Waals surface area contributed by atoms with Gasteiger partial charge in [0.1, 0.15) is 5.82 Å². The largest absolute Gasteiger partial charge is 0.353 e. The van der Waals surface area contributed by atoms with Gasteiger partial charge >= 0.3 is 0 Å². The zero-order valence-corrected chi connectivity index (χ0v) is 15.5. The monoisotopic (exact) mass is 378 g/mol. The van der Waals surface area contributed by atoms with Crippen LogP contribution in [-0.4, -0.2) is 58.7 Å². The fourth-order valence-corrected chi connectivity index (χ4v) is 3.16. The minimum atomic E-state index is 0.125. The van der Waals surface area contributed by atoms with E-state index in [1.165, 1.54) is 0 Å². The van der Waals surface area contributed by atoms with Gasteiger partial charge in [-0.05, 0) is 29.4 Å². The van der Waals surface area contributed by atoms with E-state index < -0.39 is 0 Å². The first kappa shape index (κ1) is 18.0. The van der Waals surface area contributed by atoms with E-state index in [2.05, 4.69) is 25.3 Å². The molecule has 8 heteroatoms. The molecule has 8 nitrogen and oxygen atoms in total. The molecule has 1 N–H and O–H groups in total. The SMILES string of the molecule is O=C(CCNc1noc(-c2ccccc2)n1)N1CCN(c2ccccn2)CC1. The maximum atomic E-state index is 12.4. The zero-order chi connectivity index (χ0) is 19.2. The lowest BCUT2D eigenvalue weighted by Crippen LogP contribution is -2.49. The third-order valence-corrected chi connectivity index (χ3v) is 4.67. The molecular formula is C20H22N6O2. The molecule has 0 saturated carbocycles. The predicted molar refractivity (Wildman–Crippen MR) is 106 cm³/mol. The lowest BCUT2D eigenvalue weighted by molar-refractivity contribution is -0.131.